The molecule has 3 rings (SSSR count). The number of hydrogen-bond donors (Lipinski definition) is 1. The molecule has 0 bridgehead atoms. The van der Waals surface area contributed by atoms with Crippen LogP contribution < -0.4 is 10.3 Å². The van der Waals surface area contributed by atoms with E-state index in [0.717, 1.165) is 30.6 Å². The van der Waals surface area contributed by atoms with E-state index in [9.17, 15) is 9.18 Å². The fraction of sp³-hybridized carbons (Fsp3) is 0.391. The molecule has 0 radical (unpaired) electrons. The van der Waals surface area contributed by atoms with Crippen LogP contribution in [0.3, 0.4) is 0 Å². The average Bonchev–Trinajstić information content (AvgIpc) is 2.65. The normalized spacial score (nSPS) is 17.8. The molecule has 1 N–H and O–H groups in total. The SMILES string of the molecule is CCCN1c2cc(F)c(/C=N\NC(=O)c3ccc(Cl)cc3Cl)cc2C(C)CC1(C)C. The zero-order chi connectivity index (χ0) is 22.1. The Hall–Kier alpha value is -2.11. The molecule has 0 aliphatic carbocycles. The molecule has 4 nitrogen and oxygen atoms in total. The summed E-state index contributed by atoms with van der Waals surface area (Å²) in [5, 5.41) is 4.59. The summed E-state index contributed by atoms with van der Waals surface area (Å²) in [6, 6.07) is 7.98. The van der Waals surface area contributed by atoms with Gasteiger partial charge in [0.05, 0.1) is 16.8 Å². The second-order valence-corrected chi connectivity index (χ2v) is 9.17. The lowest BCUT2D eigenvalue weighted by molar-refractivity contribution is 0.0955. The van der Waals surface area contributed by atoms with E-state index < -0.39 is 5.91 Å². The van der Waals surface area contributed by atoms with Crippen LogP contribution in [0.4, 0.5) is 10.1 Å². The summed E-state index contributed by atoms with van der Waals surface area (Å²) >= 11 is 11.9. The number of hydrogen-bond acceptors (Lipinski definition) is 3. The molecule has 0 fully saturated rings. The summed E-state index contributed by atoms with van der Waals surface area (Å²) in [6.45, 7) is 9.56. The van der Waals surface area contributed by atoms with Gasteiger partial charge >= 0.3 is 0 Å². The highest BCUT2D eigenvalue weighted by atomic mass is 35.5. The number of amides is 1. The number of halogens is 3. The molecule has 7 heteroatoms. The molecule has 1 heterocycles. The third kappa shape index (κ3) is 4.62. The number of carbonyl (C=O) groups is 1. The molecule has 0 saturated carbocycles. The Balaban J connectivity index is 1.84. The lowest BCUT2D eigenvalue weighted by Gasteiger charge is -2.47. The smallest absolute Gasteiger partial charge is 0.272 e. The molecule has 160 valence electrons. The van der Waals surface area contributed by atoms with Gasteiger partial charge in [-0.3, -0.25) is 4.79 Å². The van der Waals surface area contributed by atoms with Gasteiger partial charge in [-0.25, -0.2) is 9.82 Å². The number of hydrazone groups is 1. The zero-order valence-electron chi connectivity index (χ0n) is 17.6. The Kier molecular flexibility index (Phi) is 6.73. The first kappa shape index (κ1) is 22.6. The van der Waals surface area contributed by atoms with Crippen LogP contribution in [-0.4, -0.2) is 24.2 Å². The third-order valence-corrected chi connectivity index (χ3v) is 6.04. The molecule has 0 saturated heterocycles. The number of anilines is 1. The Morgan fingerprint density at radius 2 is 2.07 bits per heavy atom. The second kappa shape index (κ2) is 8.94. The highest BCUT2D eigenvalue weighted by Crippen LogP contribution is 2.44. The Labute approximate surface area is 187 Å². The predicted molar refractivity (Wildman–Crippen MR) is 123 cm³/mol. The van der Waals surface area contributed by atoms with Crippen LogP contribution in [0.5, 0.6) is 0 Å². The highest BCUT2D eigenvalue weighted by molar-refractivity contribution is 6.36. The summed E-state index contributed by atoms with van der Waals surface area (Å²) < 4.78 is 14.9. The van der Waals surface area contributed by atoms with Crippen LogP contribution in [0.25, 0.3) is 0 Å². The van der Waals surface area contributed by atoms with Crippen LogP contribution in [0.2, 0.25) is 10.0 Å². The van der Waals surface area contributed by atoms with Crippen LogP contribution in [-0.2, 0) is 0 Å². The fourth-order valence-electron chi connectivity index (χ4n) is 4.16. The molecule has 0 spiro atoms. The molecule has 1 aliphatic heterocycles. The van der Waals surface area contributed by atoms with Gasteiger partial charge in [0.25, 0.3) is 5.91 Å². The quantitative estimate of drug-likeness (QED) is 0.423. The molecule has 0 aromatic heterocycles. The predicted octanol–water partition coefficient (Wildman–Crippen LogP) is 6.40. The van der Waals surface area contributed by atoms with Crippen molar-refractivity contribution in [3.05, 3.63) is 62.9 Å². The van der Waals surface area contributed by atoms with Crippen LogP contribution in [0, 0.1) is 5.82 Å². The Morgan fingerprint density at radius 3 is 2.73 bits per heavy atom. The second-order valence-electron chi connectivity index (χ2n) is 8.33. The molecule has 2 aromatic rings. The number of benzene rings is 2. The van der Waals surface area contributed by atoms with Crippen molar-refractivity contribution >= 4 is 41.0 Å². The maximum Gasteiger partial charge on any atom is 0.272 e. The molecule has 30 heavy (non-hydrogen) atoms. The minimum Gasteiger partial charge on any atom is -0.366 e. The lowest BCUT2D eigenvalue weighted by atomic mass is 9.79. The van der Waals surface area contributed by atoms with Crippen LogP contribution in [0.15, 0.2) is 35.4 Å². The molecule has 2 aromatic carbocycles. The molecular weight excluding hydrogens is 424 g/mol. The van der Waals surface area contributed by atoms with Crippen molar-refractivity contribution in [2.24, 2.45) is 5.10 Å². The van der Waals surface area contributed by atoms with Gasteiger partial charge in [-0.15, -0.1) is 0 Å². The zero-order valence-corrected chi connectivity index (χ0v) is 19.1. The van der Waals surface area contributed by atoms with Crippen molar-refractivity contribution in [2.45, 2.75) is 52.0 Å². The largest absolute Gasteiger partial charge is 0.366 e. The van der Waals surface area contributed by atoms with Crippen LogP contribution >= 0.6 is 23.2 Å². The van der Waals surface area contributed by atoms with Gasteiger partial charge in [0, 0.05) is 28.4 Å². The summed E-state index contributed by atoms with van der Waals surface area (Å²) in [5.41, 5.74) is 4.97. The molecule has 1 amide bonds. The number of rotatable bonds is 5. The van der Waals surface area contributed by atoms with Crippen LogP contribution in [0.1, 0.15) is 67.9 Å². The maximum absolute atomic E-state index is 14.9. The van der Waals surface area contributed by atoms with Crippen molar-refractivity contribution in [1.82, 2.24) is 5.43 Å². The molecule has 1 aliphatic rings. The minimum absolute atomic E-state index is 0.0315. The van der Waals surface area contributed by atoms with Gasteiger partial charge in [-0.2, -0.15) is 5.10 Å². The number of nitrogens with one attached hydrogen (secondary N) is 1. The standard InChI is InChI=1S/C23H26Cl2FN3O/c1-5-8-29-21-11-20(26)15(9-18(21)14(2)12-23(29,3)4)13-27-28-22(30)17-7-6-16(24)10-19(17)25/h6-7,9-11,13-14H,5,8,12H2,1-4H3,(H,28,30)/b27-13-. The Bertz CT molecular complexity index is 991. The molecule has 1 unspecified atom stereocenters. The van der Waals surface area contributed by atoms with Crippen molar-refractivity contribution in [1.29, 1.82) is 0 Å². The molecular formula is C23H26Cl2FN3O. The van der Waals surface area contributed by atoms with Gasteiger partial charge in [0.1, 0.15) is 5.82 Å². The Morgan fingerprint density at radius 1 is 1.33 bits per heavy atom. The summed E-state index contributed by atoms with van der Waals surface area (Å²) in [5.74, 6) is -0.573. The first-order valence-corrected chi connectivity index (χ1v) is 10.8. The topological polar surface area (TPSA) is 44.7 Å². The van der Waals surface area contributed by atoms with E-state index in [4.69, 9.17) is 23.2 Å². The highest BCUT2D eigenvalue weighted by Gasteiger charge is 2.36. The van der Waals surface area contributed by atoms with Gasteiger partial charge < -0.3 is 4.90 Å². The van der Waals surface area contributed by atoms with E-state index in [2.05, 4.69) is 43.1 Å². The number of carbonyl (C=O) groups excluding carboxylic acids is 1. The summed E-state index contributed by atoms with van der Waals surface area (Å²) in [6.07, 6.45) is 3.29. The average molecular weight is 450 g/mol. The van der Waals surface area contributed by atoms with Gasteiger partial charge in [-0.1, -0.05) is 37.0 Å². The first-order valence-electron chi connectivity index (χ1n) is 10.0. The molecule has 1 atom stereocenters. The van der Waals surface area contributed by atoms with Gasteiger partial charge in [0.2, 0.25) is 0 Å². The summed E-state index contributed by atoms with van der Waals surface area (Å²) in [7, 11) is 0. The first-order chi connectivity index (χ1) is 14.1. The van der Waals surface area contributed by atoms with Crippen molar-refractivity contribution in [3.63, 3.8) is 0 Å². The third-order valence-electron chi connectivity index (χ3n) is 5.50. The van der Waals surface area contributed by atoms with Crippen molar-refractivity contribution in [3.8, 4) is 0 Å². The van der Waals surface area contributed by atoms with E-state index >= 15 is 0 Å². The maximum atomic E-state index is 14.9. The van der Waals surface area contributed by atoms with E-state index in [0.29, 0.717) is 16.5 Å². The van der Waals surface area contributed by atoms with Gasteiger partial charge in [0.15, 0.2) is 0 Å². The van der Waals surface area contributed by atoms with E-state index in [-0.39, 0.29) is 21.9 Å². The van der Waals surface area contributed by atoms with Crippen molar-refractivity contribution < 1.29 is 9.18 Å². The minimum atomic E-state index is -0.490. The fourth-order valence-corrected chi connectivity index (χ4v) is 4.66. The van der Waals surface area contributed by atoms with E-state index in [1.165, 1.54) is 18.3 Å². The van der Waals surface area contributed by atoms with E-state index in [1.54, 1.807) is 12.1 Å². The number of nitrogens with zero attached hydrogens (tertiary/aromatic N) is 2. The monoisotopic (exact) mass is 449 g/mol. The lowest BCUT2D eigenvalue weighted by Crippen LogP contribution is -2.48. The van der Waals surface area contributed by atoms with Gasteiger partial charge in [-0.05, 0) is 68.5 Å². The van der Waals surface area contributed by atoms with Crippen molar-refractivity contribution in [2.75, 3.05) is 11.4 Å². The van der Waals surface area contributed by atoms with E-state index in [1.807, 2.05) is 6.07 Å². The summed E-state index contributed by atoms with van der Waals surface area (Å²) in [4.78, 5) is 14.6. The number of fused-ring (bicyclic) bond motifs is 1.